The molecule has 0 fully saturated rings. The van der Waals surface area contributed by atoms with E-state index in [0.29, 0.717) is 0 Å². The van der Waals surface area contributed by atoms with E-state index in [9.17, 15) is 5.11 Å². The number of aromatic nitrogens is 3. The van der Waals surface area contributed by atoms with Crippen LogP contribution in [0.15, 0.2) is 170 Å². The lowest BCUT2D eigenvalue weighted by Gasteiger charge is -2.46. The largest absolute Gasteiger partial charge is 0.508 e. The number of nitrogens with one attached hydrogen (secondary N) is 1. The second-order valence-corrected chi connectivity index (χ2v) is 11.4. The van der Waals surface area contributed by atoms with E-state index in [2.05, 4.69) is 140 Å². The molecule has 1 atom stereocenters. The molecule has 0 amide bonds. The second kappa shape index (κ2) is 11.5. The van der Waals surface area contributed by atoms with Gasteiger partial charge in [-0.1, -0.05) is 109 Å². The summed E-state index contributed by atoms with van der Waals surface area (Å²) in [5, 5.41) is 12.7. The number of nitrogens with zero attached hydrogens (tertiary/aromatic N) is 4. The molecule has 0 saturated carbocycles. The van der Waals surface area contributed by atoms with Gasteiger partial charge in [-0.15, -0.1) is 0 Å². The summed E-state index contributed by atoms with van der Waals surface area (Å²) in [6, 6.07) is 49.3. The van der Waals surface area contributed by atoms with Crippen LogP contribution >= 0.6 is 0 Å². The Kier molecular flexibility index (Phi) is 6.89. The standard InChI is InChI=1S/C40H31N5O/c46-34-22-19-29(20-23-34)39-35(30-21-24-38-42-27-37(44(38)28-30)36-18-10-11-25-41-36)26-43-45(39)40(31-12-4-1-5-13-31,32-14-6-2-7-15-32)33-16-8-3-9-17-33/h1-28,39,43,46H. The van der Waals surface area contributed by atoms with Gasteiger partial charge in [-0.3, -0.25) is 9.38 Å². The van der Waals surface area contributed by atoms with E-state index in [0.717, 1.165) is 50.4 Å². The minimum atomic E-state index is -0.733. The zero-order valence-corrected chi connectivity index (χ0v) is 25.0. The van der Waals surface area contributed by atoms with Gasteiger partial charge in [0.1, 0.15) is 16.9 Å². The normalized spacial score (nSPS) is 15.0. The highest BCUT2D eigenvalue weighted by molar-refractivity contribution is 5.75. The van der Waals surface area contributed by atoms with Gasteiger partial charge in [0.05, 0.1) is 23.6 Å². The minimum absolute atomic E-state index is 0.229. The molecule has 7 aromatic rings. The summed E-state index contributed by atoms with van der Waals surface area (Å²) in [5.41, 5.74) is 12.2. The van der Waals surface area contributed by atoms with Crippen molar-refractivity contribution in [2.75, 3.05) is 0 Å². The van der Waals surface area contributed by atoms with Crippen LogP contribution in [-0.2, 0) is 5.54 Å². The minimum Gasteiger partial charge on any atom is -0.508 e. The number of fused-ring (bicyclic) bond motifs is 1. The van der Waals surface area contributed by atoms with Crippen LogP contribution in [0.5, 0.6) is 5.75 Å². The van der Waals surface area contributed by atoms with Crippen LogP contribution < -0.4 is 5.43 Å². The summed E-state index contributed by atoms with van der Waals surface area (Å²) in [4.78, 5) is 9.27. The molecule has 4 heterocycles. The van der Waals surface area contributed by atoms with Crippen LogP contribution in [0, 0.1) is 0 Å². The van der Waals surface area contributed by atoms with E-state index in [-0.39, 0.29) is 11.8 Å². The van der Waals surface area contributed by atoms with Crippen LogP contribution in [-0.4, -0.2) is 24.5 Å². The predicted molar refractivity (Wildman–Crippen MR) is 181 cm³/mol. The maximum absolute atomic E-state index is 10.3. The van der Waals surface area contributed by atoms with E-state index >= 15 is 0 Å². The molecule has 0 radical (unpaired) electrons. The Morgan fingerprint density at radius 3 is 1.83 bits per heavy atom. The summed E-state index contributed by atoms with van der Waals surface area (Å²) in [6.07, 6.45) is 7.93. The molecule has 0 aliphatic carbocycles. The van der Waals surface area contributed by atoms with E-state index in [1.54, 1.807) is 18.3 Å². The van der Waals surface area contributed by atoms with Gasteiger partial charge in [-0.05, 0) is 64.2 Å². The number of phenolic OH excluding ortho intramolecular Hbond substituents is 1. The number of phenols is 1. The number of hydrogen-bond donors (Lipinski definition) is 2. The number of benzene rings is 4. The van der Waals surface area contributed by atoms with Crippen molar-refractivity contribution < 1.29 is 5.11 Å². The third-order valence-corrected chi connectivity index (χ3v) is 8.82. The molecule has 8 rings (SSSR count). The summed E-state index contributed by atoms with van der Waals surface area (Å²) < 4.78 is 2.11. The topological polar surface area (TPSA) is 65.7 Å². The first-order valence-corrected chi connectivity index (χ1v) is 15.3. The van der Waals surface area contributed by atoms with Gasteiger partial charge in [-0.2, -0.15) is 5.01 Å². The average Bonchev–Trinajstić information content (AvgIpc) is 3.76. The highest BCUT2D eigenvalue weighted by Crippen LogP contribution is 2.50. The molecule has 1 aliphatic heterocycles. The Hall–Kier alpha value is -5.98. The lowest BCUT2D eigenvalue weighted by molar-refractivity contribution is 0.0970. The lowest BCUT2D eigenvalue weighted by atomic mass is 9.75. The van der Waals surface area contributed by atoms with Crippen molar-refractivity contribution >= 4 is 11.2 Å². The maximum atomic E-state index is 10.3. The Bertz CT molecular complexity index is 2030. The summed E-state index contributed by atoms with van der Waals surface area (Å²) in [5.74, 6) is 0.229. The molecular weight excluding hydrogens is 566 g/mol. The van der Waals surface area contributed by atoms with Crippen LogP contribution in [0.1, 0.15) is 33.9 Å². The second-order valence-electron chi connectivity index (χ2n) is 11.4. The van der Waals surface area contributed by atoms with Crippen LogP contribution in [0.4, 0.5) is 0 Å². The first-order chi connectivity index (χ1) is 22.7. The third-order valence-electron chi connectivity index (χ3n) is 8.82. The summed E-state index contributed by atoms with van der Waals surface area (Å²) in [6.45, 7) is 0. The molecule has 0 spiro atoms. The van der Waals surface area contributed by atoms with Crippen LogP contribution in [0.3, 0.4) is 0 Å². The van der Waals surface area contributed by atoms with Crippen molar-refractivity contribution in [3.63, 3.8) is 0 Å². The number of hydrogen-bond acceptors (Lipinski definition) is 5. The monoisotopic (exact) mass is 597 g/mol. The average molecular weight is 598 g/mol. The number of imidazole rings is 1. The quantitative estimate of drug-likeness (QED) is 0.182. The van der Waals surface area contributed by atoms with Crippen molar-refractivity contribution in [2.45, 2.75) is 11.6 Å². The molecule has 6 heteroatoms. The van der Waals surface area contributed by atoms with Crippen molar-refractivity contribution in [3.05, 3.63) is 198 Å². The van der Waals surface area contributed by atoms with Crippen LogP contribution in [0.25, 0.3) is 22.6 Å². The number of pyridine rings is 2. The molecule has 0 bridgehead atoms. The van der Waals surface area contributed by atoms with E-state index < -0.39 is 5.54 Å². The summed E-state index contributed by atoms with van der Waals surface area (Å²) >= 11 is 0. The van der Waals surface area contributed by atoms with Crippen molar-refractivity contribution in [2.24, 2.45) is 0 Å². The van der Waals surface area contributed by atoms with Gasteiger partial charge in [0.15, 0.2) is 0 Å². The van der Waals surface area contributed by atoms with Gasteiger partial charge in [0.2, 0.25) is 0 Å². The van der Waals surface area contributed by atoms with Crippen LogP contribution in [0.2, 0.25) is 0 Å². The Morgan fingerprint density at radius 2 is 1.24 bits per heavy atom. The van der Waals surface area contributed by atoms with Crippen molar-refractivity contribution in [1.29, 1.82) is 0 Å². The molecule has 2 N–H and O–H groups in total. The fourth-order valence-electron chi connectivity index (χ4n) is 6.76. The van der Waals surface area contributed by atoms with Gasteiger partial charge >= 0.3 is 0 Å². The SMILES string of the molecule is Oc1ccc(C2C(c3ccc4ncc(-c5ccccn5)n4c3)=CNN2C(c2ccccc2)(c2ccccc2)c2ccccc2)cc1. The zero-order valence-electron chi connectivity index (χ0n) is 25.0. The molecule has 1 unspecified atom stereocenters. The first kappa shape index (κ1) is 27.6. The van der Waals surface area contributed by atoms with Gasteiger partial charge in [0.25, 0.3) is 0 Å². The van der Waals surface area contributed by atoms with Gasteiger partial charge in [0, 0.05) is 24.2 Å². The van der Waals surface area contributed by atoms with Gasteiger partial charge in [-0.25, -0.2) is 4.98 Å². The number of rotatable bonds is 7. The Morgan fingerprint density at radius 1 is 0.630 bits per heavy atom. The van der Waals surface area contributed by atoms with E-state index in [4.69, 9.17) is 0 Å². The Labute approximate surface area is 267 Å². The van der Waals surface area contributed by atoms with E-state index in [1.165, 1.54) is 0 Å². The highest BCUT2D eigenvalue weighted by atomic mass is 16.3. The number of aromatic hydroxyl groups is 1. The van der Waals surface area contributed by atoms with Crippen molar-refractivity contribution in [1.82, 2.24) is 24.8 Å². The smallest absolute Gasteiger partial charge is 0.137 e. The van der Waals surface area contributed by atoms with Gasteiger partial charge < -0.3 is 10.5 Å². The molecule has 1 aliphatic rings. The summed E-state index contributed by atoms with van der Waals surface area (Å²) in [7, 11) is 0. The molecule has 0 saturated heterocycles. The fraction of sp³-hybridized carbons (Fsp3) is 0.0500. The number of hydrazine groups is 1. The molecule has 4 aromatic carbocycles. The first-order valence-electron chi connectivity index (χ1n) is 15.3. The molecular formula is C40H31N5O. The van der Waals surface area contributed by atoms with Crippen molar-refractivity contribution in [3.8, 4) is 17.1 Å². The molecule has 6 nitrogen and oxygen atoms in total. The molecule has 46 heavy (non-hydrogen) atoms. The van der Waals surface area contributed by atoms with E-state index in [1.807, 2.05) is 36.5 Å². The Balaban J connectivity index is 1.36. The molecule has 3 aromatic heterocycles. The fourth-order valence-corrected chi connectivity index (χ4v) is 6.76. The predicted octanol–water partition coefficient (Wildman–Crippen LogP) is 8.00. The third kappa shape index (κ3) is 4.55. The lowest BCUT2D eigenvalue weighted by Crippen LogP contribution is -2.52. The zero-order chi connectivity index (χ0) is 30.9. The molecule has 222 valence electrons. The maximum Gasteiger partial charge on any atom is 0.137 e. The highest BCUT2D eigenvalue weighted by Gasteiger charge is 2.48.